The van der Waals surface area contributed by atoms with Crippen LogP contribution in [0.3, 0.4) is 0 Å². The molecule has 4 aromatic rings. The molecule has 0 saturated heterocycles. The van der Waals surface area contributed by atoms with Crippen LogP contribution in [-0.2, 0) is 6.54 Å². The van der Waals surface area contributed by atoms with E-state index in [-0.39, 0.29) is 5.78 Å². The number of benzene rings is 3. The molecule has 1 aliphatic rings. The number of ether oxygens (including phenoxy) is 1. The van der Waals surface area contributed by atoms with Crippen LogP contribution in [0.4, 0.5) is 11.4 Å². The largest absolute Gasteiger partial charge is 0.496 e. The molecule has 0 radical (unpaired) electrons. The summed E-state index contributed by atoms with van der Waals surface area (Å²) in [5, 5.41) is 8.24. The van der Waals surface area contributed by atoms with Crippen LogP contribution in [0, 0.1) is 0 Å². The lowest BCUT2D eigenvalue weighted by Crippen LogP contribution is -2.03. The number of ketones is 1. The van der Waals surface area contributed by atoms with Crippen molar-refractivity contribution in [3.05, 3.63) is 101 Å². The summed E-state index contributed by atoms with van der Waals surface area (Å²) in [6.45, 7) is 0.515. The molecule has 0 bridgehead atoms. The van der Waals surface area contributed by atoms with Gasteiger partial charge < -0.3 is 10.1 Å². The van der Waals surface area contributed by atoms with E-state index in [1.807, 2.05) is 60.7 Å². The summed E-state index contributed by atoms with van der Waals surface area (Å²) in [6, 6.07) is 19.7. The van der Waals surface area contributed by atoms with Crippen molar-refractivity contribution < 1.29 is 9.53 Å². The molecule has 164 valence electrons. The van der Waals surface area contributed by atoms with Crippen LogP contribution in [0.2, 0.25) is 5.02 Å². The minimum absolute atomic E-state index is 0.0558. The summed E-state index contributed by atoms with van der Waals surface area (Å²) in [5.41, 5.74) is 4.48. The highest BCUT2D eigenvalue weighted by atomic mass is 35.5. The van der Waals surface area contributed by atoms with E-state index < -0.39 is 0 Å². The van der Waals surface area contributed by atoms with Gasteiger partial charge >= 0.3 is 0 Å². The van der Waals surface area contributed by atoms with Crippen molar-refractivity contribution in [3.63, 3.8) is 0 Å². The number of methoxy groups -OCH3 is 1. The molecule has 0 unspecified atom stereocenters. The first-order valence-electron chi connectivity index (χ1n) is 10.3. The number of carbonyl (C=O) groups is 1. The number of hydrogen-bond acceptors (Lipinski definition) is 5. The van der Waals surface area contributed by atoms with E-state index in [4.69, 9.17) is 16.3 Å². The van der Waals surface area contributed by atoms with Crippen molar-refractivity contribution >= 4 is 46.6 Å². The Labute approximate surface area is 201 Å². The number of halogens is 1. The number of carbonyl (C=O) groups excluding carboxylic acids is 1. The topological polar surface area (TPSA) is 56.1 Å². The number of nitrogens with one attached hydrogen (secondary N) is 1. The van der Waals surface area contributed by atoms with E-state index in [0.29, 0.717) is 17.1 Å². The van der Waals surface area contributed by atoms with E-state index in [0.717, 1.165) is 33.1 Å². The molecule has 0 aliphatic carbocycles. The Bertz CT molecular complexity index is 1380. The zero-order chi connectivity index (χ0) is 22.8. The van der Waals surface area contributed by atoms with Crippen molar-refractivity contribution in [2.45, 2.75) is 16.3 Å². The molecule has 0 amide bonds. The van der Waals surface area contributed by atoms with Crippen LogP contribution in [0.15, 0.2) is 88.9 Å². The van der Waals surface area contributed by atoms with Crippen LogP contribution in [-0.4, -0.2) is 22.7 Å². The van der Waals surface area contributed by atoms with Crippen LogP contribution in [0.25, 0.3) is 6.08 Å². The second kappa shape index (κ2) is 9.17. The molecule has 5 rings (SSSR count). The number of nitrogens with zero attached hydrogens (tertiary/aromatic N) is 2. The van der Waals surface area contributed by atoms with Crippen LogP contribution in [0.5, 0.6) is 5.75 Å². The van der Waals surface area contributed by atoms with E-state index in [1.165, 1.54) is 4.90 Å². The zero-order valence-electron chi connectivity index (χ0n) is 17.8. The second-order valence-corrected chi connectivity index (χ2v) is 9.08. The van der Waals surface area contributed by atoms with E-state index in [9.17, 15) is 4.79 Å². The summed E-state index contributed by atoms with van der Waals surface area (Å²) in [4.78, 5) is 15.2. The number of anilines is 2. The summed E-state index contributed by atoms with van der Waals surface area (Å²) >= 11 is 7.68. The van der Waals surface area contributed by atoms with Crippen molar-refractivity contribution in [1.82, 2.24) is 9.78 Å². The third-order valence-corrected chi connectivity index (χ3v) is 6.65. The van der Waals surface area contributed by atoms with Gasteiger partial charge in [-0.25, -0.2) is 0 Å². The number of fused-ring (bicyclic) bond motifs is 2. The van der Waals surface area contributed by atoms with Gasteiger partial charge in [0.1, 0.15) is 5.75 Å². The van der Waals surface area contributed by atoms with Gasteiger partial charge in [-0.2, -0.15) is 5.10 Å². The first-order chi connectivity index (χ1) is 16.1. The Morgan fingerprint density at radius 1 is 1.12 bits per heavy atom. The molecule has 0 fully saturated rings. The molecule has 3 aromatic carbocycles. The maximum absolute atomic E-state index is 12.9. The lowest BCUT2D eigenvalue weighted by molar-refractivity contribution is 0.104. The minimum Gasteiger partial charge on any atom is -0.496 e. The number of para-hydroxylation sites is 1. The van der Waals surface area contributed by atoms with Gasteiger partial charge in [0, 0.05) is 27.1 Å². The Morgan fingerprint density at radius 2 is 1.97 bits per heavy atom. The molecular formula is C26H20ClN3O2S. The third-order valence-electron chi connectivity index (χ3n) is 5.31. The summed E-state index contributed by atoms with van der Waals surface area (Å²) in [7, 11) is 1.63. The highest BCUT2D eigenvalue weighted by Gasteiger charge is 2.16. The van der Waals surface area contributed by atoms with Gasteiger partial charge in [-0.15, -0.1) is 0 Å². The Balaban J connectivity index is 1.34. The predicted octanol–water partition coefficient (Wildman–Crippen LogP) is 6.70. The molecule has 33 heavy (non-hydrogen) atoms. The minimum atomic E-state index is -0.0558. The van der Waals surface area contributed by atoms with Gasteiger partial charge in [0.2, 0.25) is 0 Å². The SMILES string of the molecule is COc1ccc(/C=C/C(=O)c2ccc3c(c2)Nc2ccccc2S3)cc1Cn1cc(Cl)cn1. The summed E-state index contributed by atoms with van der Waals surface area (Å²) in [5.74, 6) is 0.698. The fourth-order valence-electron chi connectivity index (χ4n) is 3.69. The highest BCUT2D eigenvalue weighted by Crippen LogP contribution is 2.44. The van der Waals surface area contributed by atoms with E-state index in [2.05, 4.69) is 16.5 Å². The molecule has 1 aromatic heterocycles. The van der Waals surface area contributed by atoms with Crippen molar-refractivity contribution in [3.8, 4) is 5.75 Å². The number of allylic oxidation sites excluding steroid dienone is 1. The van der Waals surface area contributed by atoms with Crippen LogP contribution in [0.1, 0.15) is 21.5 Å². The molecule has 2 heterocycles. The number of aromatic nitrogens is 2. The second-order valence-electron chi connectivity index (χ2n) is 7.56. The molecule has 0 atom stereocenters. The fourth-order valence-corrected chi connectivity index (χ4v) is 4.81. The van der Waals surface area contributed by atoms with E-state index in [1.54, 1.807) is 42.0 Å². The molecule has 7 heteroatoms. The van der Waals surface area contributed by atoms with Gasteiger partial charge in [0.05, 0.1) is 36.2 Å². The number of rotatable bonds is 6. The molecule has 5 nitrogen and oxygen atoms in total. The van der Waals surface area contributed by atoms with E-state index >= 15 is 0 Å². The van der Waals surface area contributed by atoms with Gasteiger partial charge in [-0.3, -0.25) is 9.48 Å². The highest BCUT2D eigenvalue weighted by molar-refractivity contribution is 7.99. The zero-order valence-corrected chi connectivity index (χ0v) is 19.4. The standard InChI is InChI=1S/C26H20ClN3O2S/c1-32-24-10-7-17(12-19(24)15-30-16-20(27)14-28-30)6-9-23(31)18-8-11-26-22(13-18)29-21-4-2-3-5-25(21)33-26/h2-14,16,29H,15H2,1H3/b9-6+. The van der Waals surface area contributed by atoms with Gasteiger partial charge in [0.25, 0.3) is 0 Å². The molecule has 0 spiro atoms. The van der Waals surface area contributed by atoms with Crippen LogP contribution >= 0.6 is 23.4 Å². The average Bonchev–Trinajstić information content (AvgIpc) is 3.25. The van der Waals surface area contributed by atoms with Crippen LogP contribution < -0.4 is 10.1 Å². The Hall–Kier alpha value is -3.48. The van der Waals surface area contributed by atoms with Gasteiger partial charge in [0.15, 0.2) is 5.78 Å². The summed E-state index contributed by atoms with van der Waals surface area (Å²) < 4.78 is 7.22. The van der Waals surface area contributed by atoms with Crippen molar-refractivity contribution in [1.29, 1.82) is 0 Å². The first kappa shape index (κ1) is 21.4. The fraction of sp³-hybridized carbons (Fsp3) is 0.0769. The van der Waals surface area contributed by atoms with Gasteiger partial charge in [-0.05, 0) is 54.1 Å². The average molecular weight is 474 g/mol. The lowest BCUT2D eigenvalue weighted by atomic mass is 10.1. The number of hydrogen-bond donors (Lipinski definition) is 1. The molecule has 0 saturated carbocycles. The van der Waals surface area contributed by atoms with Crippen molar-refractivity contribution in [2.24, 2.45) is 0 Å². The monoisotopic (exact) mass is 473 g/mol. The lowest BCUT2D eigenvalue weighted by Gasteiger charge is -2.20. The smallest absolute Gasteiger partial charge is 0.185 e. The van der Waals surface area contributed by atoms with Gasteiger partial charge in [-0.1, -0.05) is 47.6 Å². The quantitative estimate of drug-likeness (QED) is 0.220. The summed E-state index contributed by atoms with van der Waals surface area (Å²) in [6.07, 6.45) is 6.77. The Morgan fingerprint density at radius 3 is 2.79 bits per heavy atom. The molecular weight excluding hydrogens is 454 g/mol. The molecule has 1 aliphatic heterocycles. The predicted molar refractivity (Wildman–Crippen MR) is 133 cm³/mol. The Kier molecular flexibility index (Phi) is 5.94. The molecule has 1 N–H and O–H groups in total. The maximum atomic E-state index is 12.9. The third kappa shape index (κ3) is 4.67. The normalized spacial score (nSPS) is 12.2. The van der Waals surface area contributed by atoms with Crippen molar-refractivity contribution in [2.75, 3.05) is 12.4 Å². The first-order valence-corrected chi connectivity index (χ1v) is 11.5. The maximum Gasteiger partial charge on any atom is 0.185 e.